The molecule has 5 rings (SSSR count). The topological polar surface area (TPSA) is 69.9 Å². The van der Waals surface area contributed by atoms with Crippen molar-refractivity contribution in [3.8, 4) is 5.75 Å². The van der Waals surface area contributed by atoms with Crippen LogP contribution in [0.4, 0.5) is 0 Å². The first-order chi connectivity index (χ1) is 18.5. The van der Waals surface area contributed by atoms with Gasteiger partial charge in [-0.2, -0.15) is 0 Å². The van der Waals surface area contributed by atoms with Gasteiger partial charge >= 0.3 is 5.97 Å². The highest BCUT2D eigenvalue weighted by atomic mass is 35.5. The summed E-state index contributed by atoms with van der Waals surface area (Å²) in [7, 11) is 0. The number of rotatable bonds is 7. The third kappa shape index (κ3) is 5.21. The molecule has 0 radical (unpaired) electrons. The Bertz CT molecular complexity index is 1690. The van der Waals surface area contributed by atoms with Crippen LogP contribution in [0.2, 0.25) is 5.02 Å². The van der Waals surface area contributed by atoms with E-state index in [4.69, 9.17) is 21.1 Å². The highest BCUT2D eigenvalue weighted by molar-refractivity contribution is 7.07. The highest BCUT2D eigenvalue weighted by Crippen LogP contribution is 2.30. The van der Waals surface area contributed by atoms with Crippen molar-refractivity contribution in [2.24, 2.45) is 4.99 Å². The van der Waals surface area contributed by atoms with Crippen molar-refractivity contribution >= 4 is 35.0 Å². The van der Waals surface area contributed by atoms with Crippen LogP contribution < -0.4 is 19.6 Å². The van der Waals surface area contributed by atoms with Crippen LogP contribution in [0.15, 0.2) is 99.9 Å². The van der Waals surface area contributed by atoms with Gasteiger partial charge in [-0.25, -0.2) is 9.79 Å². The van der Waals surface area contributed by atoms with E-state index in [1.54, 1.807) is 18.4 Å². The number of allylic oxidation sites excluding steroid dienone is 1. The number of carbonyl (C=O) groups is 1. The molecule has 1 unspecified atom stereocenters. The molecule has 1 aromatic heterocycles. The molecule has 38 heavy (non-hydrogen) atoms. The maximum absolute atomic E-state index is 13.8. The average molecular weight is 545 g/mol. The van der Waals surface area contributed by atoms with E-state index in [0.717, 1.165) is 16.7 Å². The van der Waals surface area contributed by atoms with Crippen LogP contribution in [0.5, 0.6) is 5.75 Å². The van der Waals surface area contributed by atoms with Gasteiger partial charge in [0.2, 0.25) is 0 Å². The van der Waals surface area contributed by atoms with E-state index in [1.165, 1.54) is 11.3 Å². The largest absolute Gasteiger partial charge is 0.488 e. The zero-order valence-electron chi connectivity index (χ0n) is 20.9. The van der Waals surface area contributed by atoms with Crippen LogP contribution in [0, 0.1) is 0 Å². The van der Waals surface area contributed by atoms with Gasteiger partial charge in [-0.15, -0.1) is 0 Å². The number of para-hydroxylation sites is 1. The summed E-state index contributed by atoms with van der Waals surface area (Å²) in [4.78, 5) is 32.0. The van der Waals surface area contributed by atoms with Crippen molar-refractivity contribution < 1.29 is 14.3 Å². The Morgan fingerprint density at radius 2 is 1.76 bits per heavy atom. The Morgan fingerprint density at radius 3 is 2.50 bits per heavy atom. The second kappa shape index (κ2) is 11.2. The van der Waals surface area contributed by atoms with Gasteiger partial charge in [0.25, 0.3) is 5.56 Å². The zero-order valence-corrected chi connectivity index (χ0v) is 22.5. The predicted molar refractivity (Wildman–Crippen MR) is 149 cm³/mol. The van der Waals surface area contributed by atoms with E-state index in [-0.39, 0.29) is 12.2 Å². The number of benzene rings is 3. The minimum Gasteiger partial charge on any atom is -0.488 e. The lowest BCUT2D eigenvalue weighted by molar-refractivity contribution is -0.139. The number of thiazole rings is 1. The normalized spacial score (nSPS) is 15.1. The van der Waals surface area contributed by atoms with E-state index >= 15 is 0 Å². The smallest absolute Gasteiger partial charge is 0.338 e. The van der Waals surface area contributed by atoms with Gasteiger partial charge in [-0.1, -0.05) is 83.6 Å². The third-order valence-corrected chi connectivity index (χ3v) is 7.38. The molecule has 2 heterocycles. The van der Waals surface area contributed by atoms with Crippen molar-refractivity contribution in [1.82, 2.24) is 4.57 Å². The van der Waals surface area contributed by atoms with Crippen molar-refractivity contribution in [1.29, 1.82) is 0 Å². The van der Waals surface area contributed by atoms with Crippen LogP contribution >= 0.6 is 22.9 Å². The second-order valence-corrected chi connectivity index (χ2v) is 10.1. The maximum Gasteiger partial charge on any atom is 0.338 e. The summed E-state index contributed by atoms with van der Waals surface area (Å²) < 4.78 is 13.5. The summed E-state index contributed by atoms with van der Waals surface area (Å²) in [6, 6.07) is 23.9. The quantitative estimate of drug-likeness (QED) is 0.306. The molecule has 4 aromatic rings. The van der Waals surface area contributed by atoms with Crippen molar-refractivity contribution in [3.05, 3.63) is 132 Å². The summed E-state index contributed by atoms with van der Waals surface area (Å²) in [5.74, 6) is 0.175. The fraction of sp³-hybridized carbons (Fsp3) is 0.167. The predicted octanol–water partition coefficient (Wildman–Crippen LogP) is 5.03. The fourth-order valence-electron chi connectivity index (χ4n) is 4.36. The summed E-state index contributed by atoms with van der Waals surface area (Å²) in [5.41, 5.74) is 3.23. The van der Waals surface area contributed by atoms with Crippen LogP contribution in [0.25, 0.3) is 6.08 Å². The highest BCUT2D eigenvalue weighted by Gasteiger charge is 2.33. The Kier molecular flexibility index (Phi) is 7.58. The molecule has 192 valence electrons. The molecule has 0 saturated carbocycles. The fourth-order valence-corrected chi connectivity index (χ4v) is 5.52. The first-order valence-electron chi connectivity index (χ1n) is 12.2. The molecule has 0 amide bonds. The van der Waals surface area contributed by atoms with Gasteiger partial charge in [0, 0.05) is 10.6 Å². The number of ether oxygens (including phenoxy) is 2. The molecule has 1 aliphatic rings. The summed E-state index contributed by atoms with van der Waals surface area (Å²) in [5, 5.41) is 0.666. The van der Waals surface area contributed by atoms with Gasteiger partial charge in [0.1, 0.15) is 12.4 Å². The summed E-state index contributed by atoms with van der Waals surface area (Å²) >= 11 is 7.27. The van der Waals surface area contributed by atoms with Gasteiger partial charge in [-0.05, 0) is 49.2 Å². The van der Waals surface area contributed by atoms with Crippen molar-refractivity contribution in [2.45, 2.75) is 26.5 Å². The number of nitrogens with zero attached hydrogens (tertiary/aromatic N) is 2. The lowest BCUT2D eigenvalue weighted by Crippen LogP contribution is -2.39. The monoisotopic (exact) mass is 544 g/mol. The zero-order chi connectivity index (χ0) is 26.6. The summed E-state index contributed by atoms with van der Waals surface area (Å²) in [6.07, 6.45) is 1.81. The van der Waals surface area contributed by atoms with Crippen LogP contribution in [-0.2, 0) is 16.1 Å². The van der Waals surface area contributed by atoms with E-state index < -0.39 is 12.0 Å². The molecule has 1 atom stereocenters. The Labute approximate surface area is 228 Å². The first-order valence-corrected chi connectivity index (χ1v) is 13.4. The molecular formula is C30H25ClN2O4S. The molecule has 0 fully saturated rings. The number of halogens is 1. The molecule has 0 N–H and O–H groups in total. The SMILES string of the molecule is CCOC(=O)C1=C(C)N=c2s/c(=C/c3ccccc3OCc3ccc(Cl)cc3)c(=O)n2C1c1ccccc1. The van der Waals surface area contributed by atoms with E-state index in [0.29, 0.717) is 38.0 Å². The number of esters is 1. The van der Waals surface area contributed by atoms with E-state index in [9.17, 15) is 9.59 Å². The number of hydrogen-bond donors (Lipinski definition) is 0. The lowest BCUT2D eigenvalue weighted by Gasteiger charge is -2.24. The Hall–Kier alpha value is -3.94. The average Bonchev–Trinajstić information content (AvgIpc) is 3.23. The molecule has 0 saturated heterocycles. The van der Waals surface area contributed by atoms with E-state index in [1.807, 2.05) is 84.9 Å². The van der Waals surface area contributed by atoms with Crippen LogP contribution in [0.3, 0.4) is 0 Å². The molecule has 3 aromatic carbocycles. The Balaban J connectivity index is 1.58. The molecule has 8 heteroatoms. The van der Waals surface area contributed by atoms with Gasteiger partial charge in [-0.3, -0.25) is 9.36 Å². The molecule has 0 aliphatic carbocycles. The standard InChI is InChI=1S/C30H25ClN2O4S/c1-3-36-29(35)26-19(2)32-30-33(27(26)21-9-5-4-6-10-21)28(34)25(38-30)17-22-11-7-8-12-24(22)37-18-20-13-15-23(31)16-14-20/h4-17,27H,3,18H2,1-2H3/b25-17+. The molecule has 1 aliphatic heterocycles. The number of fused-ring (bicyclic) bond motifs is 1. The van der Waals surface area contributed by atoms with Crippen molar-refractivity contribution in [2.75, 3.05) is 6.61 Å². The van der Waals surface area contributed by atoms with Crippen LogP contribution in [0.1, 0.15) is 36.6 Å². The van der Waals surface area contributed by atoms with Gasteiger partial charge in [0.05, 0.1) is 28.5 Å². The minimum absolute atomic E-state index is 0.231. The summed E-state index contributed by atoms with van der Waals surface area (Å²) in [6.45, 7) is 4.12. The van der Waals surface area contributed by atoms with Crippen LogP contribution in [-0.4, -0.2) is 17.1 Å². The van der Waals surface area contributed by atoms with E-state index in [2.05, 4.69) is 4.99 Å². The number of aromatic nitrogens is 1. The first kappa shape index (κ1) is 25.7. The molecule has 0 spiro atoms. The second-order valence-electron chi connectivity index (χ2n) is 8.67. The lowest BCUT2D eigenvalue weighted by atomic mass is 9.96. The minimum atomic E-state index is -0.634. The number of hydrogen-bond acceptors (Lipinski definition) is 6. The number of carbonyl (C=O) groups excluding carboxylic acids is 1. The van der Waals surface area contributed by atoms with Gasteiger partial charge < -0.3 is 9.47 Å². The maximum atomic E-state index is 13.8. The molecule has 0 bridgehead atoms. The molecule has 6 nitrogen and oxygen atoms in total. The van der Waals surface area contributed by atoms with Gasteiger partial charge in [0.15, 0.2) is 4.80 Å². The van der Waals surface area contributed by atoms with Crippen molar-refractivity contribution in [3.63, 3.8) is 0 Å². The third-order valence-electron chi connectivity index (χ3n) is 6.15. The molecular weight excluding hydrogens is 520 g/mol. The Morgan fingerprint density at radius 1 is 1.05 bits per heavy atom.